The first-order chi connectivity index (χ1) is 9.10. The van der Waals surface area contributed by atoms with Gasteiger partial charge in [0.25, 0.3) is 0 Å². The molecule has 0 saturated heterocycles. The van der Waals surface area contributed by atoms with E-state index in [1.165, 1.54) is 0 Å². The van der Waals surface area contributed by atoms with Gasteiger partial charge in [-0.25, -0.2) is 22.3 Å². The van der Waals surface area contributed by atoms with Crippen molar-refractivity contribution in [2.75, 3.05) is 12.4 Å². The second-order valence-corrected chi connectivity index (χ2v) is 7.36. The maximum atomic E-state index is 13.6. The summed E-state index contributed by atoms with van der Waals surface area (Å²) >= 11 is 3.00. The zero-order valence-corrected chi connectivity index (χ0v) is 13.5. The Labute approximate surface area is 125 Å². The molecule has 4 nitrogen and oxygen atoms in total. The van der Waals surface area contributed by atoms with Crippen molar-refractivity contribution < 1.29 is 21.9 Å². The lowest BCUT2D eigenvalue weighted by Crippen LogP contribution is -2.30. The molecule has 114 valence electrons. The van der Waals surface area contributed by atoms with Crippen molar-refractivity contribution in [3.05, 3.63) is 28.2 Å². The summed E-state index contributed by atoms with van der Waals surface area (Å²) < 4.78 is 54.2. The zero-order chi connectivity index (χ0) is 15.5. The van der Waals surface area contributed by atoms with Crippen LogP contribution in [-0.4, -0.2) is 20.8 Å². The quantitative estimate of drug-likeness (QED) is 0.835. The fraction of sp³-hybridized carbons (Fsp3) is 0.500. The maximum absolute atomic E-state index is 13.6. The van der Waals surface area contributed by atoms with E-state index in [-0.39, 0.29) is 34.4 Å². The van der Waals surface area contributed by atoms with Gasteiger partial charge in [0, 0.05) is 12.0 Å². The van der Waals surface area contributed by atoms with E-state index in [4.69, 9.17) is 9.88 Å². The van der Waals surface area contributed by atoms with Gasteiger partial charge in [0.15, 0.2) is 11.6 Å². The smallest absolute Gasteiger partial charge is 0.209 e. The van der Waals surface area contributed by atoms with E-state index < -0.39 is 21.7 Å². The Morgan fingerprint density at radius 2 is 1.95 bits per heavy atom. The molecule has 1 atom stereocenters. The molecule has 0 heterocycles. The second-order valence-electron chi connectivity index (χ2n) is 4.84. The van der Waals surface area contributed by atoms with Gasteiger partial charge >= 0.3 is 0 Å². The van der Waals surface area contributed by atoms with Crippen LogP contribution in [0.4, 0.5) is 8.78 Å². The van der Waals surface area contributed by atoms with E-state index in [1.807, 2.05) is 13.8 Å². The van der Waals surface area contributed by atoms with Crippen molar-refractivity contribution in [2.24, 2.45) is 17.0 Å². The summed E-state index contributed by atoms with van der Waals surface area (Å²) in [6, 6.07) is 1.77. The number of nitrogens with two attached hydrogens (primary N) is 1. The van der Waals surface area contributed by atoms with Crippen molar-refractivity contribution in [1.29, 1.82) is 0 Å². The predicted molar refractivity (Wildman–Crippen MR) is 75.9 cm³/mol. The van der Waals surface area contributed by atoms with Gasteiger partial charge in [-0.3, -0.25) is 0 Å². The van der Waals surface area contributed by atoms with Crippen LogP contribution >= 0.6 is 15.9 Å². The summed E-state index contributed by atoms with van der Waals surface area (Å²) in [6.07, 6.45) is 0. The van der Waals surface area contributed by atoms with Crippen LogP contribution in [0.2, 0.25) is 0 Å². The minimum atomic E-state index is -3.65. The lowest BCUT2D eigenvalue weighted by Gasteiger charge is -2.20. The molecule has 0 saturated carbocycles. The fourth-order valence-corrected chi connectivity index (χ4v) is 3.19. The highest BCUT2D eigenvalue weighted by atomic mass is 79.9. The SMILES string of the molecule is CC(C)C(COc1c(F)cc(F)cc1Br)CS(N)(=O)=O. The molecule has 0 spiro atoms. The molecule has 0 radical (unpaired) electrons. The molecule has 0 amide bonds. The van der Waals surface area contributed by atoms with Crippen LogP contribution in [0.5, 0.6) is 5.75 Å². The van der Waals surface area contributed by atoms with E-state index >= 15 is 0 Å². The molecule has 1 rings (SSSR count). The Bertz CT molecular complexity index is 555. The van der Waals surface area contributed by atoms with Gasteiger partial charge in [0.1, 0.15) is 5.82 Å². The van der Waals surface area contributed by atoms with Gasteiger partial charge < -0.3 is 4.74 Å². The Kier molecular flexibility index (Phi) is 5.91. The third-order valence-electron chi connectivity index (χ3n) is 2.79. The van der Waals surface area contributed by atoms with Crippen LogP contribution in [0, 0.1) is 23.5 Å². The molecule has 0 aliphatic rings. The molecule has 0 aromatic heterocycles. The highest BCUT2D eigenvalue weighted by Crippen LogP contribution is 2.30. The maximum Gasteiger partial charge on any atom is 0.209 e. The van der Waals surface area contributed by atoms with Crippen LogP contribution in [0.25, 0.3) is 0 Å². The average Bonchev–Trinajstić information content (AvgIpc) is 2.23. The monoisotopic (exact) mass is 371 g/mol. The standard InChI is InChI=1S/C12H16BrF2NO3S/c1-7(2)8(6-20(16,17)18)5-19-12-10(13)3-9(14)4-11(12)15/h3-4,7-8H,5-6H2,1-2H3,(H2,16,17,18). The molecule has 0 bridgehead atoms. The highest BCUT2D eigenvalue weighted by Gasteiger charge is 2.21. The molecule has 1 aromatic carbocycles. The van der Waals surface area contributed by atoms with Crippen molar-refractivity contribution >= 4 is 26.0 Å². The fourth-order valence-electron chi connectivity index (χ4n) is 1.59. The summed E-state index contributed by atoms with van der Waals surface area (Å²) in [5.74, 6) is -2.39. The minimum Gasteiger partial charge on any atom is -0.489 e. The first-order valence-corrected chi connectivity index (χ1v) is 8.39. The molecule has 20 heavy (non-hydrogen) atoms. The third kappa shape index (κ3) is 5.34. The summed E-state index contributed by atoms with van der Waals surface area (Å²) in [5, 5.41) is 5.01. The summed E-state index contributed by atoms with van der Waals surface area (Å²) in [4.78, 5) is 0. The Hall–Kier alpha value is -0.730. The largest absolute Gasteiger partial charge is 0.489 e. The lowest BCUT2D eigenvalue weighted by molar-refractivity contribution is 0.215. The van der Waals surface area contributed by atoms with Crippen LogP contribution in [0.3, 0.4) is 0 Å². The van der Waals surface area contributed by atoms with Crippen LogP contribution in [-0.2, 0) is 10.0 Å². The zero-order valence-electron chi connectivity index (χ0n) is 11.1. The summed E-state index contributed by atoms with van der Waals surface area (Å²) in [7, 11) is -3.65. The number of halogens is 3. The van der Waals surface area contributed by atoms with Crippen molar-refractivity contribution in [3.8, 4) is 5.75 Å². The van der Waals surface area contributed by atoms with E-state index in [0.29, 0.717) is 6.07 Å². The number of primary sulfonamides is 1. The van der Waals surface area contributed by atoms with Crippen LogP contribution < -0.4 is 9.88 Å². The molecule has 1 aromatic rings. The number of hydrogen-bond acceptors (Lipinski definition) is 3. The molecule has 0 aliphatic heterocycles. The molecule has 2 N–H and O–H groups in total. The van der Waals surface area contributed by atoms with E-state index in [9.17, 15) is 17.2 Å². The normalized spacial score (nSPS) is 13.6. The average molecular weight is 372 g/mol. The predicted octanol–water partition coefficient (Wildman–Crippen LogP) is 2.67. The second kappa shape index (κ2) is 6.82. The number of ether oxygens (including phenoxy) is 1. The van der Waals surface area contributed by atoms with E-state index in [2.05, 4.69) is 15.9 Å². The van der Waals surface area contributed by atoms with Gasteiger partial charge in [-0.15, -0.1) is 0 Å². The molecular formula is C12H16BrF2NO3S. The van der Waals surface area contributed by atoms with Crippen molar-refractivity contribution in [2.45, 2.75) is 13.8 Å². The number of benzene rings is 1. The van der Waals surface area contributed by atoms with Gasteiger partial charge in [-0.2, -0.15) is 0 Å². The van der Waals surface area contributed by atoms with Gasteiger partial charge in [0.05, 0.1) is 16.8 Å². The Morgan fingerprint density at radius 1 is 1.35 bits per heavy atom. The molecule has 0 fully saturated rings. The lowest BCUT2D eigenvalue weighted by atomic mass is 9.99. The van der Waals surface area contributed by atoms with Gasteiger partial charge in [-0.1, -0.05) is 13.8 Å². The minimum absolute atomic E-state index is 0.0180. The third-order valence-corrected chi connectivity index (χ3v) is 4.28. The molecular weight excluding hydrogens is 356 g/mol. The first-order valence-electron chi connectivity index (χ1n) is 5.88. The molecule has 8 heteroatoms. The Morgan fingerprint density at radius 3 is 2.40 bits per heavy atom. The van der Waals surface area contributed by atoms with Gasteiger partial charge in [0.2, 0.25) is 10.0 Å². The van der Waals surface area contributed by atoms with Crippen LogP contribution in [0.15, 0.2) is 16.6 Å². The van der Waals surface area contributed by atoms with Crippen molar-refractivity contribution in [1.82, 2.24) is 0 Å². The number of sulfonamides is 1. The summed E-state index contributed by atoms with van der Waals surface area (Å²) in [5.41, 5.74) is 0. The number of rotatable bonds is 6. The van der Waals surface area contributed by atoms with E-state index in [1.54, 1.807) is 0 Å². The summed E-state index contributed by atoms with van der Waals surface area (Å²) in [6.45, 7) is 3.60. The first kappa shape index (κ1) is 17.3. The number of hydrogen-bond donors (Lipinski definition) is 1. The van der Waals surface area contributed by atoms with Crippen molar-refractivity contribution in [3.63, 3.8) is 0 Å². The topological polar surface area (TPSA) is 69.4 Å². The molecule has 0 aliphatic carbocycles. The van der Waals surface area contributed by atoms with Crippen LogP contribution in [0.1, 0.15) is 13.8 Å². The van der Waals surface area contributed by atoms with Gasteiger partial charge in [-0.05, 0) is 27.9 Å². The molecule has 1 unspecified atom stereocenters. The van der Waals surface area contributed by atoms with E-state index in [0.717, 1.165) is 6.07 Å². The Balaban J connectivity index is 2.83. The highest BCUT2D eigenvalue weighted by molar-refractivity contribution is 9.10.